The van der Waals surface area contributed by atoms with E-state index >= 15 is 0 Å². The van der Waals surface area contributed by atoms with Gasteiger partial charge in [0.1, 0.15) is 5.75 Å². The smallest absolute Gasteiger partial charge is 0.434 e. The normalized spacial score (nSPS) is 10.4. The third-order valence-electron chi connectivity index (χ3n) is 3.76. The van der Waals surface area contributed by atoms with E-state index in [1.165, 1.54) is 24.3 Å². The molecule has 0 spiro atoms. The van der Waals surface area contributed by atoms with Crippen molar-refractivity contribution in [1.29, 1.82) is 0 Å². The number of nitrogens with zero attached hydrogens (tertiary/aromatic N) is 1. The number of ether oxygens (including phenoxy) is 3. The van der Waals surface area contributed by atoms with Crippen molar-refractivity contribution in [2.24, 2.45) is 0 Å². The van der Waals surface area contributed by atoms with E-state index in [2.05, 4.69) is 0 Å². The topological polar surface area (TPSA) is 87.9 Å². The first-order valence-electron chi connectivity index (χ1n) is 8.86. The fourth-order valence-electron chi connectivity index (χ4n) is 2.34. The van der Waals surface area contributed by atoms with Gasteiger partial charge >= 0.3 is 6.16 Å². The minimum atomic E-state index is -0.810. The SMILES string of the molecule is O=C(OCCCCCCOCc1ccccc1)Oc1ccc([N+](=O)[O-])cc1. The first-order valence-corrected chi connectivity index (χ1v) is 8.86. The molecular formula is C20H23NO6. The molecule has 0 aliphatic heterocycles. The summed E-state index contributed by atoms with van der Waals surface area (Å²) in [6.07, 6.45) is 2.82. The molecule has 0 radical (unpaired) electrons. The number of carbonyl (C=O) groups is 1. The predicted octanol–water partition coefficient (Wildman–Crippen LogP) is 4.89. The number of carbonyl (C=O) groups excluding carboxylic acids is 1. The van der Waals surface area contributed by atoms with Crippen LogP contribution in [0, 0.1) is 10.1 Å². The van der Waals surface area contributed by atoms with Crippen LogP contribution in [-0.4, -0.2) is 24.3 Å². The number of rotatable bonds is 11. The van der Waals surface area contributed by atoms with Crippen molar-refractivity contribution in [3.63, 3.8) is 0 Å². The van der Waals surface area contributed by atoms with Gasteiger partial charge in [-0.05, 0) is 37.0 Å². The van der Waals surface area contributed by atoms with Gasteiger partial charge in [-0.15, -0.1) is 0 Å². The Balaban J connectivity index is 1.46. The molecular weight excluding hydrogens is 350 g/mol. The summed E-state index contributed by atoms with van der Waals surface area (Å²) >= 11 is 0. The molecule has 0 bridgehead atoms. The highest BCUT2D eigenvalue weighted by molar-refractivity contribution is 5.63. The maximum absolute atomic E-state index is 11.5. The molecule has 0 aliphatic carbocycles. The second-order valence-corrected chi connectivity index (χ2v) is 5.90. The molecule has 7 heteroatoms. The monoisotopic (exact) mass is 373 g/mol. The summed E-state index contributed by atoms with van der Waals surface area (Å²) < 4.78 is 15.5. The standard InChI is InChI=1S/C20H23NO6/c22-20(27-19-12-10-18(11-13-19)21(23)24)26-15-7-2-1-6-14-25-16-17-8-4-3-5-9-17/h3-5,8-13H,1-2,6-7,14-16H2. The van der Waals surface area contributed by atoms with Gasteiger partial charge in [-0.3, -0.25) is 10.1 Å². The van der Waals surface area contributed by atoms with Crippen LogP contribution >= 0.6 is 0 Å². The van der Waals surface area contributed by atoms with Gasteiger partial charge in [0.05, 0.1) is 18.1 Å². The summed E-state index contributed by atoms with van der Waals surface area (Å²) in [4.78, 5) is 21.6. The number of nitro benzene ring substituents is 1. The van der Waals surface area contributed by atoms with E-state index in [0.717, 1.165) is 31.2 Å². The minimum absolute atomic E-state index is 0.0662. The summed E-state index contributed by atoms with van der Waals surface area (Å²) in [7, 11) is 0. The highest BCUT2D eigenvalue weighted by Gasteiger charge is 2.08. The van der Waals surface area contributed by atoms with Crippen LogP contribution in [0.25, 0.3) is 0 Å². The fourth-order valence-corrected chi connectivity index (χ4v) is 2.34. The summed E-state index contributed by atoms with van der Waals surface area (Å²) in [5, 5.41) is 10.6. The lowest BCUT2D eigenvalue weighted by Crippen LogP contribution is -2.11. The first kappa shape index (κ1) is 20.4. The predicted molar refractivity (Wildman–Crippen MR) is 99.6 cm³/mol. The Hall–Kier alpha value is -2.93. The molecule has 2 rings (SSSR count). The average molecular weight is 373 g/mol. The lowest BCUT2D eigenvalue weighted by molar-refractivity contribution is -0.384. The average Bonchev–Trinajstić information content (AvgIpc) is 2.68. The zero-order valence-electron chi connectivity index (χ0n) is 15.0. The number of unbranched alkanes of at least 4 members (excludes halogenated alkanes) is 3. The van der Waals surface area contributed by atoms with Crippen LogP contribution in [-0.2, 0) is 16.1 Å². The Morgan fingerprint density at radius 1 is 0.889 bits per heavy atom. The first-order chi connectivity index (χ1) is 13.1. The number of nitro groups is 1. The van der Waals surface area contributed by atoms with Crippen molar-refractivity contribution < 1.29 is 23.9 Å². The van der Waals surface area contributed by atoms with E-state index in [9.17, 15) is 14.9 Å². The van der Waals surface area contributed by atoms with Gasteiger partial charge in [0.25, 0.3) is 5.69 Å². The van der Waals surface area contributed by atoms with Crippen LogP contribution in [0.2, 0.25) is 0 Å². The Kier molecular flexibility index (Phi) is 8.79. The molecule has 2 aromatic rings. The van der Waals surface area contributed by atoms with Gasteiger partial charge < -0.3 is 14.2 Å². The molecule has 0 heterocycles. The van der Waals surface area contributed by atoms with Crippen molar-refractivity contribution in [3.05, 3.63) is 70.3 Å². The second kappa shape index (κ2) is 11.6. The molecule has 0 aliphatic rings. The Morgan fingerprint density at radius 3 is 2.22 bits per heavy atom. The minimum Gasteiger partial charge on any atom is -0.434 e. The van der Waals surface area contributed by atoms with Gasteiger partial charge in [-0.1, -0.05) is 36.8 Å². The molecule has 0 atom stereocenters. The maximum atomic E-state index is 11.5. The summed E-state index contributed by atoms with van der Waals surface area (Å²) in [5.41, 5.74) is 1.10. The fraction of sp³-hybridized carbons (Fsp3) is 0.350. The van der Waals surface area contributed by atoms with E-state index in [0.29, 0.717) is 13.2 Å². The molecule has 0 unspecified atom stereocenters. The van der Waals surface area contributed by atoms with Crippen molar-refractivity contribution in [2.45, 2.75) is 32.3 Å². The molecule has 0 saturated heterocycles. The summed E-state index contributed by atoms with van der Waals surface area (Å²) in [6.45, 7) is 1.60. The van der Waals surface area contributed by atoms with E-state index < -0.39 is 11.1 Å². The molecule has 0 amide bonds. The van der Waals surface area contributed by atoms with Gasteiger partial charge in [-0.25, -0.2) is 4.79 Å². The Bertz CT molecular complexity index is 702. The number of non-ortho nitro benzene ring substituents is 1. The van der Waals surface area contributed by atoms with Crippen LogP contribution in [0.1, 0.15) is 31.2 Å². The van der Waals surface area contributed by atoms with Gasteiger partial charge in [0.15, 0.2) is 0 Å². The molecule has 0 aromatic heterocycles. The second-order valence-electron chi connectivity index (χ2n) is 5.90. The van der Waals surface area contributed by atoms with Gasteiger partial charge in [0, 0.05) is 18.7 Å². The quantitative estimate of drug-likeness (QED) is 0.183. The largest absolute Gasteiger partial charge is 0.513 e. The highest BCUT2D eigenvalue weighted by atomic mass is 16.7. The third kappa shape index (κ3) is 8.33. The summed E-state index contributed by atoms with van der Waals surface area (Å²) in [6, 6.07) is 15.3. The lowest BCUT2D eigenvalue weighted by atomic mass is 10.2. The van der Waals surface area contributed by atoms with Crippen LogP contribution < -0.4 is 4.74 Å². The third-order valence-corrected chi connectivity index (χ3v) is 3.76. The van der Waals surface area contributed by atoms with Crippen molar-refractivity contribution in [1.82, 2.24) is 0 Å². The molecule has 27 heavy (non-hydrogen) atoms. The summed E-state index contributed by atoms with van der Waals surface area (Å²) in [5.74, 6) is 0.209. The molecule has 2 aromatic carbocycles. The van der Waals surface area contributed by atoms with Crippen LogP contribution in [0.5, 0.6) is 5.75 Å². The molecule has 0 N–H and O–H groups in total. The lowest BCUT2D eigenvalue weighted by Gasteiger charge is -2.06. The van der Waals surface area contributed by atoms with Crippen molar-refractivity contribution in [3.8, 4) is 5.75 Å². The molecule has 7 nitrogen and oxygen atoms in total. The van der Waals surface area contributed by atoms with Crippen molar-refractivity contribution >= 4 is 11.8 Å². The number of hydrogen-bond acceptors (Lipinski definition) is 6. The molecule has 0 fully saturated rings. The van der Waals surface area contributed by atoms with Crippen molar-refractivity contribution in [2.75, 3.05) is 13.2 Å². The van der Waals surface area contributed by atoms with E-state index in [1.54, 1.807) is 0 Å². The van der Waals surface area contributed by atoms with Gasteiger partial charge in [-0.2, -0.15) is 0 Å². The molecule has 144 valence electrons. The van der Waals surface area contributed by atoms with E-state index in [-0.39, 0.29) is 18.0 Å². The van der Waals surface area contributed by atoms with Crippen LogP contribution in [0.4, 0.5) is 10.5 Å². The molecule has 0 saturated carbocycles. The zero-order chi connectivity index (χ0) is 19.3. The zero-order valence-corrected chi connectivity index (χ0v) is 15.0. The Labute approximate surface area is 158 Å². The van der Waals surface area contributed by atoms with Gasteiger partial charge in [0.2, 0.25) is 0 Å². The maximum Gasteiger partial charge on any atom is 0.513 e. The Morgan fingerprint density at radius 2 is 1.56 bits per heavy atom. The number of hydrogen-bond donors (Lipinski definition) is 0. The van der Waals surface area contributed by atoms with E-state index in [4.69, 9.17) is 14.2 Å². The van der Waals surface area contributed by atoms with Crippen LogP contribution in [0.15, 0.2) is 54.6 Å². The van der Waals surface area contributed by atoms with E-state index in [1.807, 2.05) is 30.3 Å². The van der Waals surface area contributed by atoms with Crippen LogP contribution in [0.3, 0.4) is 0 Å². The number of benzene rings is 2. The highest BCUT2D eigenvalue weighted by Crippen LogP contribution is 2.17.